The van der Waals surface area contributed by atoms with Gasteiger partial charge in [-0.15, -0.1) is 0 Å². The Kier molecular flexibility index (Phi) is 4.16. The first-order chi connectivity index (χ1) is 11.6. The van der Waals surface area contributed by atoms with Gasteiger partial charge in [0.25, 0.3) is 0 Å². The van der Waals surface area contributed by atoms with Gasteiger partial charge in [-0.3, -0.25) is 4.79 Å². The molecule has 3 saturated heterocycles. The molecule has 1 saturated carbocycles. The van der Waals surface area contributed by atoms with E-state index in [0.29, 0.717) is 18.3 Å². The number of piperidine rings is 3. The van der Waals surface area contributed by atoms with Crippen LogP contribution in [0.1, 0.15) is 63.0 Å². The maximum Gasteiger partial charge on any atom is 0.221 e. The highest BCUT2D eigenvalue weighted by Gasteiger charge is 2.46. The molecule has 0 aromatic heterocycles. The zero-order valence-corrected chi connectivity index (χ0v) is 15.1. The van der Waals surface area contributed by atoms with Crippen molar-refractivity contribution >= 4 is 5.91 Å². The van der Waals surface area contributed by atoms with Crippen LogP contribution in [0.15, 0.2) is 24.3 Å². The maximum atomic E-state index is 12.7. The van der Waals surface area contributed by atoms with E-state index < -0.39 is 0 Å². The van der Waals surface area contributed by atoms with Gasteiger partial charge >= 0.3 is 0 Å². The van der Waals surface area contributed by atoms with Gasteiger partial charge in [-0.05, 0) is 67.7 Å². The minimum absolute atomic E-state index is 0.0735. The van der Waals surface area contributed by atoms with Gasteiger partial charge < -0.3 is 10.2 Å². The lowest BCUT2D eigenvalue weighted by atomic mass is 9.77. The van der Waals surface area contributed by atoms with Gasteiger partial charge in [0.05, 0.1) is 5.54 Å². The number of rotatable bonds is 5. The summed E-state index contributed by atoms with van der Waals surface area (Å²) in [4.78, 5) is 15.2. The Bertz CT molecular complexity index is 612. The van der Waals surface area contributed by atoms with E-state index in [1.165, 1.54) is 37.1 Å². The van der Waals surface area contributed by atoms with Gasteiger partial charge in [0, 0.05) is 13.0 Å². The maximum absolute atomic E-state index is 12.7. The molecule has 130 valence electrons. The molecule has 5 rings (SSSR count). The fourth-order valence-electron chi connectivity index (χ4n) is 4.68. The van der Waals surface area contributed by atoms with E-state index in [9.17, 15) is 4.79 Å². The Morgan fingerprint density at radius 1 is 1.29 bits per heavy atom. The molecule has 3 heteroatoms. The molecule has 1 amide bonds. The van der Waals surface area contributed by atoms with Crippen LogP contribution in [0.5, 0.6) is 0 Å². The van der Waals surface area contributed by atoms with E-state index in [1.807, 2.05) is 0 Å². The predicted octanol–water partition coefficient (Wildman–Crippen LogP) is 3.65. The van der Waals surface area contributed by atoms with Crippen LogP contribution in [0.3, 0.4) is 0 Å². The lowest BCUT2D eigenvalue weighted by Crippen LogP contribution is -2.49. The molecule has 1 N–H and O–H groups in total. The van der Waals surface area contributed by atoms with Crippen molar-refractivity contribution in [2.45, 2.75) is 57.4 Å². The van der Waals surface area contributed by atoms with Gasteiger partial charge in [0.15, 0.2) is 0 Å². The number of hydrogen-bond acceptors (Lipinski definition) is 2. The second-order valence-electron chi connectivity index (χ2n) is 8.51. The van der Waals surface area contributed by atoms with Crippen LogP contribution in [0.4, 0.5) is 0 Å². The van der Waals surface area contributed by atoms with Crippen LogP contribution in [-0.2, 0) is 10.3 Å². The van der Waals surface area contributed by atoms with E-state index in [4.69, 9.17) is 0 Å². The molecule has 0 spiro atoms. The molecule has 3 nitrogen and oxygen atoms in total. The van der Waals surface area contributed by atoms with Crippen LogP contribution in [0, 0.1) is 11.8 Å². The summed E-state index contributed by atoms with van der Waals surface area (Å²) >= 11 is 0. The monoisotopic (exact) mass is 326 g/mol. The molecule has 3 heterocycles. The smallest absolute Gasteiger partial charge is 0.221 e. The van der Waals surface area contributed by atoms with Gasteiger partial charge in [0.2, 0.25) is 5.91 Å². The number of nitrogens with one attached hydrogen (secondary N) is 1. The van der Waals surface area contributed by atoms with Gasteiger partial charge in [-0.1, -0.05) is 38.1 Å². The van der Waals surface area contributed by atoms with Gasteiger partial charge in [0.1, 0.15) is 0 Å². The summed E-state index contributed by atoms with van der Waals surface area (Å²) in [6.07, 6.45) is 5.47. The summed E-state index contributed by atoms with van der Waals surface area (Å²) in [5.41, 5.74) is 2.59. The summed E-state index contributed by atoms with van der Waals surface area (Å²) in [6.45, 7) is 8.08. The Balaban J connectivity index is 1.41. The highest BCUT2D eigenvalue weighted by Crippen LogP contribution is 2.46. The molecule has 1 aromatic carbocycles. The normalized spacial score (nSPS) is 30.4. The van der Waals surface area contributed by atoms with E-state index in [-0.39, 0.29) is 11.4 Å². The fourth-order valence-corrected chi connectivity index (χ4v) is 4.68. The van der Waals surface area contributed by atoms with E-state index in [2.05, 4.69) is 48.3 Å². The number of benzene rings is 1. The average molecular weight is 326 g/mol. The molecular weight excluding hydrogens is 296 g/mol. The summed E-state index contributed by atoms with van der Waals surface area (Å²) in [5.74, 6) is 2.15. The van der Waals surface area contributed by atoms with Crippen molar-refractivity contribution in [3.8, 4) is 0 Å². The Morgan fingerprint density at radius 3 is 2.62 bits per heavy atom. The number of hydrogen-bond donors (Lipinski definition) is 1. The van der Waals surface area contributed by atoms with Crippen LogP contribution in [0.2, 0.25) is 0 Å². The largest absolute Gasteiger partial charge is 0.347 e. The van der Waals surface area contributed by atoms with Crippen molar-refractivity contribution in [1.29, 1.82) is 0 Å². The van der Waals surface area contributed by atoms with E-state index in [0.717, 1.165) is 25.3 Å². The molecule has 4 fully saturated rings. The van der Waals surface area contributed by atoms with Crippen LogP contribution >= 0.6 is 0 Å². The molecule has 4 aliphatic rings. The third-order valence-corrected chi connectivity index (χ3v) is 6.47. The summed E-state index contributed by atoms with van der Waals surface area (Å²) in [7, 11) is 0. The molecule has 1 aromatic rings. The van der Waals surface area contributed by atoms with Crippen molar-refractivity contribution in [1.82, 2.24) is 10.2 Å². The third kappa shape index (κ3) is 3.11. The van der Waals surface area contributed by atoms with Crippen LogP contribution in [-0.4, -0.2) is 30.4 Å². The topological polar surface area (TPSA) is 32.3 Å². The van der Waals surface area contributed by atoms with Gasteiger partial charge in [-0.2, -0.15) is 0 Å². The quantitative estimate of drug-likeness (QED) is 0.896. The van der Waals surface area contributed by atoms with Gasteiger partial charge in [-0.25, -0.2) is 0 Å². The first-order valence-corrected chi connectivity index (χ1v) is 9.69. The lowest BCUT2D eigenvalue weighted by Gasteiger charge is -2.44. The summed E-state index contributed by atoms with van der Waals surface area (Å²) in [6, 6.07) is 8.82. The first-order valence-electron chi connectivity index (χ1n) is 9.69. The van der Waals surface area contributed by atoms with E-state index >= 15 is 0 Å². The predicted molar refractivity (Wildman–Crippen MR) is 96.9 cm³/mol. The standard InChI is InChI=1S/C21H30N2O/c1-15(2)17-4-3-5-19(12-17)21(8-9-21)22-20(24)13-18-14-23-10-6-16(18)7-11-23/h3-5,12,15-16,18H,6-11,13-14H2,1-2H3,(H,22,24). The summed E-state index contributed by atoms with van der Waals surface area (Å²) in [5, 5.41) is 3.40. The Hall–Kier alpha value is -1.35. The SMILES string of the molecule is CC(C)c1cccc(C2(NC(=O)CC3CN4CCC3CC4)CC2)c1. The highest BCUT2D eigenvalue weighted by molar-refractivity contribution is 5.78. The van der Waals surface area contributed by atoms with Crippen molar-refractivity contribution < 1.29 is 4.79 Å². The van der Waals surface area contributed by atoms with Crippen molar-refractivity contribution in [3.63, 3.8) is 0 Å². The third-order valence-electron chi connectivity index (χ3n) is 6.47. The number of amides is 1. The van der Waals surface area contributed by atoms with Crippen LogP contribution < -0.4 is 5.32 Å². The highest BCUT2D eigenvalue weighted by atomic mass is 16.1. The number of nitrogens with zero attached hydrogens (tertiary/aromatic N) is 1. The van der Waals surface area contributed by atoms with Crippen molar-refractivity contribution in [2.24, 2.45) is 11.8 Å². The Labute approximate surface area is 145 Å². The average Bonchev–Trinajstić information content (AvgIpc) is 3.36. The summed E-state index contributed by atoms with van der Waals surface area (Å²) < 4.78 is 0. The molecule has 1 unspecified atom stereocenters. The molecule has 2 bridgehead atoms. The molecule has 1 aliphatic carbocycles. The number of fused-ring (bicyclic) bond motifs is 3. The lowest BCUT2D eigenvalue weighted by molar-refractivity contribution is -0.124. The molecule has 1 atom stereocenters. The minimum atomic E-state index is -0.0735. The van der Waals surface area contributed by atoms with E-state index in [1.54, 1.807) is 0 Å². The minimum Gasteiger partial charge on any atom is -0.347 e. The second kappa shape index (κ2) is 6.18. The van der Waals surface area contributed by atoms with Crippen molar-refractivity contribution in [2.75, 3.05) is 19.6 Å². The molecule has 24 heavy (non-hydrogen) atoms. The molecule has 3 aliphatic heterocycles. The second-order valence-corrected chi connectivity index (χ2v) is 8.51. The fraction of sp³-hybridized carbons (Fsp3) is 0.667. The zero-order valence-electron chi connectivity index (χ0n) is 15.1. The number of carbonyl (C=O) groups excluding carboxylic acids is 1. The zero-order chi connectivity index (χ0) is 16.7. The van der Waals surface area contributed by atoms with Crippen molar-refractivity contribution in [3.05, 3.63) is 35.4 Å². The van der Waals surface area contributed by atoms with Crippen LogP contribution in [0.25, 0.3) is 0 Å². The molecule has 0 radical (unpaired) electrons. The molecular formula is C21H30N2O. The Morgan fingerprint density at radius 2 is 2.04 bits per heavy atom. The number of carbonyl (C=O) groups is 1. The first kappa shape index (κ1) is 16.1.